The van der Waals surface area contributed by atoms with Crippen molar-refractivity contribution < 1.29 is 14.3 Å². The minimum absolute atomic E-state index is 0. The lowest BCUT2D eigenvalue weighted by Gasteiger charge is -2.30. The molecule has 1 aliphatic rings. The molecule has 2 N–H and O–H groups in total. The van der Waals surface area contributed by atoms with Crippen molar-refractivity contribution in [3.05, 3.63) is 54.1 Å². The number of benzene rings is 2. The molecular weight excluding hydrogens is 364 g/mol. The number of para-hydroxylation sites is 1. The second-order valence-electron chi connectivity index (χ2n) is 6.56. The molecule has 1 unspecified atom stereocenters. The lowest BCUT2D eigenvalue weighted by Crippen LogP contribution is -2.55. The van der Waals surface area contributed by atoms with Gasteiger partial charge < -0.3 is 20.1 Å². The third-order valence-electron chi connectivity index (χ3n) is 4.79. The van der Waals surface area contributed by atoms with Crippen molar-refractivity contribution in [2.75, 3.05) is 20.3 Å². The summed E-state index contributed by atoms with van der Waals surface area (Å²) >= 11 is 0. The van der Waals surface area contributed by atoms with E-state index in [9.17, 15) is 4.79 Å². The topological polar surface area (TPSA) is 59.6 Å². The Kier molecular flexibility index (Phi) is 7.66. The van der Waals surface area contributed by atoms with E-state index in [0.717, 1.165) is 22.4 Å². The van der Waals surface area contributed by atoms with Crippen molar-refractivity contribution in [3.8, 4) is 16.9 Å². The van der Waals surface area contributed by atoms with E-state index in [1.165, 1.54) is 0 Å². The molecule has 0 bridgehead atoms. The Bertz CT molecular complexity index is 751. The zero-order chi connectivity index (χ0) is 18.5. The van der Waals surface area contributed by atoms with Crippen molar-refractivity contribution in [3.63, 3.8) is 0 Å². The summed E-state index contributed by atoms with van der Waals surface area (Å²) in [5.74, 6) is 0.817. The van der Waals surface area contributed by atoms with E-state index in [-0.39, 0.29) is 36.5 Å². The Morgan fingerprint density at radius 1 is 1.22 bits per heavy atom. The van der Waals surface area contributed by atoms with Gasteiger partial charge in [-0.3, -0.25) is 4.79 Å². The van der Waals surface area contributed by atoms with Crippen molar-refractivity contribution in [2.45, 2.75) is 32.0 Å². The highest BCUT2D eigenvalue weighted by atomic mass is 35.5. The monoisotopic (exact) mass is 390 g/mol. The van der Waals surface area contributed by atoms with E-state index in [1.54, 1.807) is 7.11 Å². The van der Waals surface area contributed by atoms with Gasteiger partial charge in [0.2, 0.25) is 5.91 Å². The van der Waals surface area contributed by atoms with Crippen LogP contribution >= 0.6 is 12.4 Å². The normalized spacial score (nSPS) is 20.3. The smallest absolute Gasteiger partial charge is 0.240 e. The first-order valence-corrected chi connectivity index (χ1v) is 8.99. The molecule has 1 fully saturated rings. The summed E-state index contributed by atoms with van der Waals surface area (Å²) in [6, 6.07) is 15.8. The van der Waals surface area contributed by atoms with Gasteiger partial charge in [-0.05, 0) is 31.0 Å². The molecule has 146 valence electrons. The molecule has 3 rings (SSSR count). The summed E-state index contributed by atoms with van der Waals surface area (Å²) in [4.78, 5) is 12.5. The van der Waals surface area contributed by atoms with Gasteiger partial charge in [-0.25, -0.2) is 0 Å². The number of morpholine rings is 1. The molecule has 0 aromatic heterocycles. The molecule has 5 nitrogen and oxygen atoms in total. The lowest BCUT2D eigenvalue weighted by atomic mass is 10.0. The number of hydrogen-bond donors (Lipinski definition) is 2. The summed E-state index contributed by atoms with van der Waals surface area (Å²) in [7, 11) is 1.68. The van der Waals surface area contributed by atoms with E-state index < -0.39 is 0 Å². The first-order chi connectivity index (χ1) is 12.6. The molecule has 1 heterocycles. The molecule has 0 aliphatic carbocycles. The van der Waals surface area contributed by atoms with Crippen molar-refractivity contribution in [2.24, 2.45) is 0 Å². The number of rotatable bonds is 5. The highest BCUT2D eigenvalue weighted by Gasteiger charge is 2.29. The van der Waals surface area contributed by atoms with E-state index in [1.807, 2.05) is 50.2 Å². The molecule has 0 saturated carbocycles. The molecular formula is C21H27ClN2O3. The van der Waals surface area contributed by atoms with Gasteiger partial charge in [0.25, 0.3) is 0 Å². The second kappa shape index (κ2) is 9.74. The molecule has 1 saturated heterocycles. The Hall–Kier alpha value is -2.08. The summed E-state index contributed by atoms with van der Waals surface area (Å²) in [6.45, 7) is 5.25. The largest absolute Gasteiger partial charge is 0.496 e. The van der Waals surface area contributed by atoms with Crippen molar-refractivity contribution in [1.82, 2.24) is 10.6 Å². The van der Waals surface area contributed by atoms with E-state index >= 15 is 0 Å². The number of methoxy groups -OCH3 is 1. The molecule has 0 radical (unpaired) electrons. The molecule has 2 aromatic rings. The van der Waals surface area contributed by atoms with Crippen LogP contribution in [0.5, 0.6) is 5.75 Å². The minimum atomic E-state index is -0.306. The molecule has 1 aliphatic heterocycles. The van der Waals surface area contributed by atoms with Gasteiger partial charge in [-0.1, -0.05) is 42.5 Å². The molecule has 0 spiro atoms. The fraction of sp³-hybridized carbons (Fsp3) is 0.381. The standard InChI is InChI=1S/C21H26N2O3.ClH/c1-14(23-21(24)20-15(2)26-13-12-22-20)16-8-10-17(11-9-16)18-6-4-5-7-19(18)25-3;/h4-11,14-15,20,22H,12-13H2,1-3H3,(H,23,24);1H/t14?,15-,20+;/m1./s1. The van der Waals surface area contributed by atoms with Crippen molar-refractivity contribution >= 4 is 18.3 Å². The molecule has 6 heteroatoms. The number of amides is 1. The first-order valence-electron chi connectivity index (χ1n) is 8.99. The zero-order valence-corrected chi connectivity index (χ0v) is 16.7. The lowest BCUT2D eigenvalue weighted by molar-refractivity contribution is -0.129. The average Bonchev–Trinajstić information content (AvgIpc) is 2.68. The maximum atomic E-state index is 12.5. The van der Waals surface area contributed by atoms with E-state index in [0.29, 0.717) is 13.2 Å². The average molecular weight is 391 g/mol. The summed E-state index contributed by atoms with van der Waals surface area (Å²) in [6.07, 6.45) is -0.121. The molecule has 3 atom stereocenters. The minimum Gasteiger partial charge on any atom is -0.496 e. The van der Waals surface area contributed by atoms with Crippen LogP contribution in [-0.2, 0) is 9.53 Å². The van der Waals surface area contributed by atoms with Crippen LogP contribution in [0.4, 0.5) is 0 Å². The fourth-order valence-electron chi connectivity index (χ4n) is 3.25. The number of ether oxygens (including phenoxy) is 2. The van der Waals surface area contributed by atoms with Gasteiger partial charge in [-0.2, -0.15) is 0 Å². The predicted molar refractivity (Wildman–Crippen MR) is 109 cm³/mol. The van der Waals surface area contributed by atoms with Crippen LogP contribution < -0.4 is 15.4 Å². The summed E-state index contributed by atoms with van der Waals surface area (Å²) < 4.78 is 11.0. The quantitative estimate of drug-likeness (QED) is 0.822. The Morgan fingerprint density at radius 3 is 2.59 bits per heavy atom. The maximum Gasteiger partial charge on any atom is 0.240 e. The number of halogens is 1. The van der Waals surface area contributed by atoms with Crippen LogP contribution in [0.1, 0.15) is 25.5 Å². The fourth-order valence-corrected chi connectivity index (χ4v) is 3.25. The van der Waals surface area contributed by atoms with Gasteiger partial charge in [0.15, 0.2) is 0 Å². The van der Waals surface area contributed by atoms with Crippen LogP contribution in [0.3, 0.4) is 0 Å². The Labute approximate surface area is 166 Å². The van der Waals surface area contributed by atoms with Crippen LogP contribution in [0.25, 0.3) is 11.1 Å². The maximum absolute atomic E-state index is 12.5. The summed E-state index contributed by atoms with van der Waals surface area (Å²) in [5.41, 5.74) is 3.19. The van der Waals surface area contributed by atoms with Crippen LogP contribution in [0, 0.1) is 0 Å². The van der Waals surface area contributed by atoms with Gasteiger partial charge in [0.05, 0.1) is 25.9 Å². The van der Waals surface area contributed by atoms with Crippen LogP contribution in [-0.4, -0.2) is 38.3 Å². The van der Waals surface area contributed by atoms with Crippen molar-refractivity contribution in [1.29, 1.82) is 0 Å². The third-order valence-corrected chi connectivity index (χ3v) is 4.79. The predicted octanol–water partition coefficient (Wildman–Crippen LogP) is 3.34. The highest BCUT2D eigenvalue weighted by Crippen LogP contribution is 2.30. The zero-order valence-electron chi connectivity index (χ0n) is 15.9. The van der Waals surface area contributed by atoms with E-state index in [2.05, 4.69) is 22.8 Å². The third kappa shape index (κ3) is 5.01. The van der Waals surface area contributed by atoms with E-state index in [4.69, 9.17) is 9.47 Å². The molecule has 27 heavy (non-hydrogen) atoms. The number of hydrogen-bond acceptors (Lipinski definition) is 4. The molecule has 1 amide bonds. The van der Waals surface area contributed by atoms with Crippen LogP contribution in [0.15, 0.2) is 48.5 Å². The highest BCUT2D eigenvalue weighted by molar-refractivity contribution is 5.85. The second-order valence-corrected chi connectivity index (χ2v) is 6.56. The SMILES string of the molecule is COc1ccccc1-c1ccc(C(C)NC(=O)[C@H]2NCCO[C@@H]2C)cc1.Cl. The van der Waals surface area contributed by atoms with Gasteiger partial charge in [0.1, 0.15) is 11.8 Å². The number of carbonyl (C=O) groups excluding carboxylic acids is 1. The summed E-state index contributed by atoms with van der Waals surface area (Å²) in [5, 5.41) is 6.29. The van der Waals surface area contributed by atoms with Gasteiger partial charge in [0, 0.05) is 12.1 Å². The van der Waals surface area contributed by atoms with Crippen LogP contribution in [0.2, 0.25) is 0 Å². The Balaban J connectivity index is 0.00000261. The molecule has 2 aromatic carbocycles. The number of nitrogens with one attached hydrogen (secondary N) is 2. The number of carbonyl (C=O) groups is 1. The van der Waals surface area contributed by atoms with Gasteiger partial charge in [-0.15, -0.1) is 12.4 Å². The Morgan fingerprint density at radius 2 is 1.93 bits per heavy atom. The first kappa shape index (κ1) is 21.2. The van der Waals surface area contributed by atoms with Gasteiger partial charge >= 0.3 is 0 Å².